The molecule has 6 nitrogen and oxygen atoms in total. The second-order valence-electron chi connectivity index (χ2n) is 7.00. The summed E-state index contributed by atoms with van der Waals surface area (Å²) in [5.74, 6) is 0. The molecule has 0 aliphatic carbocycles. The van der Waals surface area contributed by atoms with Gasteiger partial charge in [-0.3, -0.25) is 0 Å². The molecule has 0 atom stereocenters. The Morgan fingerprint density at radius 3 is 1.50 bits per heavy atom. The number of aromatic nitrogens is 6. The minimum absolute atomic E-state index is 0.633. The maximum absolute atomic E-state index is 4.27. The highest BCUT2D eigenvalue weighted by atomic mass is 15.4. The van der Waals surface area contributed by atoms with Gasteiger partial charge in [0.05, 0.1) is 36.9 Å². The Hall–Kier alpha value is -3.54. The van der Waals surface area contributed by atoms with Crippen LogP contribution in [0.4, 0.5) is 0 Å². The minimum atomic E-state index is 0.633. The highest BCUT2D eigenvalue weighted by Crippen LogP contribution is 2.21. The largest absolute Gasteiger partial charge is 0.240 e. The topological polar surface area (TPSA) is 61.4 Å². The summed E-state index contributed by atoms with van der Waals surface area (Å²) in [4.78, 5) is 0. The first-order valence-corrected chi connectivity index (χ1v) is 9.18. The first-order chi connectivity index (χ1) is 13.6. The molecule has 0 unspecified atom stereocenters. The van der Waals surface area contributed by atoms with Crippen molar-refractivity contribution in [1.82, 2.24) is 30.0 Å². The Bertz CT molecular complexity index is 999. The summed E-state index contributed by atoms with van der Waals surface area (Å²) >= 11 is 0. The molecule has 140 valence electrons. The Morgan fingerprint density at radius 2 is 1.11 bits per heavy atom. The van der Waals surface area contributed by atoms with Crippen LogP contribution in [0, 0.1) is 13.8 Å². The average molecular weight is 370 g/mol. The van der Waals surface area contributed by atoms with E-state index >= 15 is 0 Å². The van der Waals surface area contributed by atoms with E-state index < -0.39 is 0 Å². The third-order valence-electron chi connectivity index (χ3n) is 4.76. The van der Waals surface area contributed by atoms with E-state index in [9.17, 15) is 0 Å². The highest BCUT2D eigenvalue weighted by Gasteiger charge is 2.15. The van der Waals surface area contributed by atoms with Crippen molar-refractivity contribution in [3.8, 4) is 0 Å². The van der Waals surface area contributed by atoms with Gasteiger partial charge in [-0.15, -0.1) is 10.2 Å². The molecule has 0 amide bonds. The maximum atomic E-state index is 4.27. The third kappa shape index (κ3) is 3.76. The molecular formula is C22H22N6. The zero-order valence-corrected chi connectivity index (χ0v) is 16.1. The lowest BCUT2D eigenvalue weighted by atomic mass is 10.1. The van der Waals surface area contributed by atoms with Crippen molar-refractivity contribution in [2.45, 2.75) is 26.9 Å². The monoisotopic (exact) mass is 370 g/mol. The van der Waals surface area contributed by atoms with Crippen LogP contribution in [0.1, 0.15) is 33.6 Å². The molecule has 0 aliphatic rings. The first kappa shape index (κ1) is 17.9. The van der Waals surface area contributed by atoms with Gasteiger partial charge >= 0.3 is 0 Å². The Morgan fingerprint density at radius 1 is 0.714 bits per heavy atom. The van der Waals surface area contributed by atoms with Gasteiger partial charge in [-0.05, 0) is 25.0 Å². The second kappa shape index (κ2) is 7.60. The van der Waals surface area contributed by atoms with E-state index in [0.717, 1.165) is 28.1 Å². The van der Waals surface area contributed by atoms with Crippen LogP contribution in [-0.2, 0) is 13.1 Å². The van der Waals surface area contributed by atoms with Crippen molar-refractivity contribution in [3.63, 3.8) is 0 Å². The van der Waals surface area contributed by atoms with Crippen molar-refractivity contribution >= 4 is 5.57 Å². The van der Waals surface area contributed by atoms with Gasteiger partial charge in [-0.1, -0.05) is 76.7 Å². The van der Waals surface area contributed by atoms with Crippen LogP contribution < -0.4 is 0 Å². The summed E-state index contributed by atoms with van der Waals surface area (Å²) in [5.41, 5.74) is 7.30. The van der Waals surface area contributed by atoms with Crippen LogP contribution in [-0.4, -0.2) is 30.0 Å². The lowest BCUT2D eigenvalue weighted by Crippen LogP contribution is -2.10. The molecule has 4 rings (SSSR count). The zero-order chi connectivity index (χ0) is 19.5. The van der Waals surface area contributed by atoms with Crippen molar-refractivity contribution in [3.05, 3.63) is 101 Å². The molecule has 0 N–H and O–H groups in total. The molecule has 2 heterocycles. The van der Waals surface area contributed by atoms with Gasteiger partial charge < -0.3 is 0 Å². The lowest BCUT2D eigenvalue weighted by molar-refractivity contribution is 0.632. The Labute approximate surface area is 164 Å². The molecule has 4 aromatic rings. The Kier molecular flexibility index (Phi) is 4.85. The van der Waals surface area contributed by atoms with E-state index in [2.05, 4.69) is 89.6 Å². The van der Waals surface area contributed by atoms with E-state index in [4.69, 9.17) is 0 Å². The van der Waals surface area contributed by atoms with Crippen molar-refractivity contribution in [2.75, 3.05) is 0 Å². The van der Waals surface area contributed by atoms with E-state index in [-0.39, 0.29) is 0 Å². The van der Waals surface area contributed by atoms with Gasteiger partial charge in [0, 0.05) is 5.57 Å². The summed E-state index contributed by atoms with van der Waals surface area (Å²) in [6.07, 6.45) is 3.47. The lowest BCUT2D eigenvalue weighted by Gasteiger charge is -2.11. The Balaban J connectivity index is 1.58. The van der Waals surface area contributed by atoms with Crippen LogP contribution in [0.5, 0.6) is 0 Å². The molecule has 0 saturated carbocycles. The third-order valence-corrected chi connectivity index (χ3v) is 4.76. The summed E-state index contributed by atoms with van der Waals surface area (Å²) in [6, 6.07) is 16.8. The molecule has 0 fully saturated rings. The molecule has 6 heteroatoms. The molecule has 0 bridgehead atoms. The van der Waals surface area contributed by atoms with Gasteiger partial charge in [0.1, 0.15) is 0 Å². The van der Waals surface area contributed by atoms with Gasteiger partial charge in [0.2, 0.25) is 0 Å². The van der Waals surface area contributed by atoms with Gasteiger partial charge in [0.25, 0.3) is 0 Å². The molecule has 0 radical (unpaired) electrons. The average Bonchev–Trinajstić information content (AvgIpc) is 3.34. The normalized spacial score (nSPS) is 10.9. The van der Waals surface area contributed by atoms with Gasteiger partial charge in [0.15, 0.2) is 0 Å². The number of benzene rings is 2. The van der Waals surface area contributed by atoms with Crippen molar-refractivity contribution < 1.29 is 0 Å². The standard InChI is InChI=1S/C22H22N6/c1-16-4-8-19(9-5-16)14-27-21(12-23-25-27)18(3)22-13-24-26-28(22)15-20-10-6-17(2)7-11-20/h4-13H,3,14-15H2,1-2H3. The van der Waals surface area contributed by atoms with E-state index in [1.807, 2.05) is 9.36 Å². The second-order valence-corrected chi connectivity index (χ2v) is 7.00. The first-order valence-electron chi connectivity index (χ1n) is 9.18. The van der Waals surface area contributed by atoms with Crippen LogP contribution in [0.3, 0.4) is 0 Å². The van der Waals surface area contributed by atoms with E-state index in [1.54, 1.807) is 12.4 Å². The SMILES string of the molecule is C=C(c1cnnn1Cc1ccc(C)cc1)c1cnnn1Cc1ccc(C)cc1. The summed E-state index contributed by atoms with van der Waals surface area (Å²) in [5, 5.41) is 16.7. The summed E-state index contributed by atoms with van der Waals surface area (Å²) in [7, 11) is 0. The summed E-state index contributed by atoms with van der Waals surface area (Å²) in [6.45, 7) is 9.69. The van der Waals surface area contributed by atoms with Crippen LogP contribution in [0.2, 0.25) is 0 Å². The molecule has 0 spiro atoms. The highest BCUT2D eigenvalue weighted by molar-refractivity contribution is 5.73. The summed E-state index contributed by atoms with van der Waals surface area (Å²) < 4.78 is 3.71. The number of hydrogen-bond donors (Lipinski definition) is 0. The predicted octanol–water partition coefficient (Wildman–Crippen LogP) is 3.64. The van der Waals surface area contributed by atoms with Crippen LogP contribution >= 0.6 is 0 Å². The molecule has 0 aliphatic heterocycles. The molecule has 2 aromatic carbocycles. The fourth-order valence-corrected chi connectivity index (χ4v) is 3.08. The van der Waals surface area contributed by atoms with Crippen LogP contribution in [0.25, 0.3) is 5.57 Å². The molecule has 28 heavy (non-hydrogen) atoms. The minimum Gasteiger partial charge on any atom is -0.240 e. The van der Waals surface area contributed by atoms with E-state index in [0.29, 0.717) is 13.1 Å². The zero-order valence-electron chi connectivity index (χ0n) is 16.1. The molecule has 2 aromatic heterocycles. The smallest absolute Gasteiger partial charge is 0.0905 e. The van der Waals surface area contributed by atoms with Gasteiger partial charge in [-0.25, -0.2) is 9.36 Å². The fraction of sp³-hybridized carbons (Fsp3) is 0.182. The number of rotatable bonds is 6. The molecule has 0 saturated heterocycles. The van der Waals surface area contributed by atoms with Crippen molar-refractivity contribution in [1.29, 1.82) is 0 Å². The van der Waals surface area contributed by atoms with Crippen molar-refractivity contribution in [2.24, 2.45) is 0 Å². The number of nitrogens with zero attached hydrogens (tertiary/aromatic N) is 6. The maximum Gasteiger partial charge on any atom is 0.0905 e. The van der Waals surface area contributed by atoms with E-state index in [1.165, 1.54) is 11.1 Å². The number of hydrogen-bond acceptors (Lipinski definition) is 4. The number of aryl methyl sites for hydroxylation is 2. The fourth-order valence-electron chi connectivity index (χ4n) is 3.08. The predicted molar refractivity (Wildman–Crippen MR) is 109 cm³/mol. The molecular weight excluding hydrogens is 348 g/mol. The van der Waals surface area contributed by atoms with Gasteiger partial charge in [-0.2, -0.15) is 0 Å². The quantitative estimate of drug-likeness (QED) is 0.520. The van der Waals surface area contributed by atoms with Crippen LogP contribution in [0.15, 0.2) is 67.5 Å².